The third kappa shape index (κ3) is 5.59. The highest BCUT2D eigenvalue weighted by Gasteiger charge is 2.44. The minimum Gasteiger partial charge on any atom is -0.481 e. The molecule has 0 heterocycles. The van der Waals surface area contributed by atoms with Crippen LogP contribution in [0.1, 0.15) is 19.4 Å². The molecule has 1 aromatic rings. The number of alkyl halides is 3. The van der Waals surface area contributed by atoms with Crippen molar-refractivity contribution in [1.29, 1.82) is 0 Å². The second kappa shape index (κ2) is 6.45. The smallest absolute Gasteiger partial charge is 0.300 e. The Morgan fingerprint density at radius 1 is 1.18 bits per heavy atom. The first-order chi connectivity index (χ1) is 7.59. The van der Waals surface area contributed by atoms with Gasteiger partial charge >= 0.3 is 0 Å². The average molecular weight is 300 g/mol. The summed E-state index contributed by atoms with van der Waals surface area (Å²) in [4.78, 5) is 9.00. The van der Waals surface area contributed by atoms with Gasteiger partial charge in [0.1, 0.15) is 5.60 Å². The summed E-state index contributed by atoms with van der Waals surface area (Å²) < 4.78 is -1.73. The Morgan fingerprint density at radius 3 is 1.82 bits per heavy atom. The quantitative estimate of drug-likeness (QED) is 0.782. The lowest BCUT2D eigenvalue weighted by Gasteiger charge is -2.31. The summed E-state index contributed by atoms with van der Waals surface area (Å²) in [7, 11) is 0. The van der Waals surface area contributed by atoms with Crippen molar-refractivity contribution in [1.82, 2.24) is 0 Å². The summed E-state index contributed by atoms with van der Waals surface area (Å²) in [6, 6.07) is 8.81. The van der Waals surface area contributed by atoms with Gasteiger partial charge in [-0.25, -0.2) is 0 Å². The largest absolute Gasteiger partial charge is 0.481 e. The van der Waals surface area contributed by atoms with Crippen molar-refractivity contribution in [3.8, 4) is 0 Å². The first-order valence-electron chi connectivity index (χ1n) is 4.63. The van der Waals surface area contributed by atoms with Gasteiger partial charge in [-0.3, -0.25) is 4.79 Å². The molecule has 0 saturated heterocycles. The maximum Gasteiger partial charge on any atom is 0.300 e. The SMILES string of the molecule is CC(=O)O.CC(O)(c1ccccc1)C(Cl)(Cl)Cl. The molecule has 0 aliphatic rings. The van der Waals surface area contributed by atoms with E-state index in [-0.39, 0.29) is 0 Å². The highest BCUT2D eigenvalue weighted by Crippen LogP contribution is 2.44. The van der Waals surface area contributed by atoms with Crippen LogP contribution < -0.4 is 0 Å². The van der Waals surface area contributed by atoms with E-state index >= 15 is 0 Å². The van der Waals surface area contributed by atoms with Crippen LogP contribution in [0.5, 0.6) is 0 Å². The van der Waals surface area contributed by atoms with Gasteiger partial charge in [-0.1, -0.05) is 65.1 Å². The molecule has 0 aliphatic carbocycles. The van der Waals surface area contributed by atoms with Crippen LogP contribution in [0.2, 0.25) is 0 Å². The van der Waals surface area contributed by atoms with Crippen molar-refractivity contribution >= 4 is 40.8 Å². The van der Waals surface area contributed by atoms with Gasteiger partial charge in [0.05, 0.1) is 0 Å². The zero-order chi connectivity index (χ0) is 13.7. The van der Waals surface area contributed by atoms with Crippen molar-refractivity contribution in [2.24, 2.45) is 0 Å². The van der Waals surface area contributed by atoms with E-state index in [1.54, 1.807) is 24.3 Å². The second-order valence-corrected chi connectivity index (χ2v) is 5.74. The molecule has 0 fully saturated rings. The first-order valence-corrected chi connectivity index (χ1v) is 5.76. The Morgan fingerprint density at radius 2 is 1.53 bits per heavy atom. The maximum atomic E-state index is 9.93. The number of hydrogen-bond donors (Lipinski definition) is 2. The minimum atomic E-state index is -1.73. The average Bonchev–Trinajstić information content (AvgIpc) is 2.16. The Kier molecular flexibility index (Phi) is 6.27. The van der Waals surface area contributed by atoms with E-state index in [1.807, 2.05) is 6.07 Å². The molecule has 0 bridgehead atoms. The Bertz CT molecular complexity index is 354. The van der Waals surface area contributed by atoms with Crippen LogP contribution in [-0.2, 0) is 10.4 Å². The van der Waals surface area contributed by atoms with Gasteiger partial charge < -0.3 is 10.2 Å². The van der Waals surface area contributed by atoms with E-state index in [4.69, 9.17) is 44.7 Å². The Labute approximate surface area is 115 Å². The number of benzene rings is 1. The number of carboxylic acids is 1. The normalized spacial score (nSPS) is 14.2. The summed E-state index contributed by atoms with van der Waals surface area (Å²) in [5.41, 5.74) is -0.895. The molecule has 0 amide bonds. The van der Waals surface area contributed by atoms with E-state index in [1.165, 1.54) is 6.92 Å². The zero-order valence-corrected chi connectivity index (χ0v) is 11.6. The summed E-state index contributed by atoms with van der Waals surface area (Å²) in [6.07, 6.45) is 0. The molecule has 1 aromatic carbocycles. The molecule has 0 radical (unpaired) electrons. The lowest BCUT2D eigenvalue weighted by Crippen LogP contribution is -2.36. The molecule has 0 spiro atoms. The highest BCUT2D eigenvalue weighted by atomic mass is 35.6. The van der Waals surface area contributed by atoms with Gasteiger partial charge in [0.2, 0.25) is 3.79 Å². The fourth-order valence-corrected chi connectivity index (χ4v) is 1.25. The number of rotatable bonds is 1. The van der Waals surface area contributed by atoms with E-state index in [0.29, 0.717) is 5.56 Å². The summed E-state index contributed by atoms with van der Waals surface area (Å²) in [5.74, 6) is -0.833. The molecule has 96 valence electrons. The topological polar surface area (TPSA) is 57.5 Å². The first kappa shape index (κ1) is 16.5. The Hall–Kier alpha value is -0.480. The monoisotopic (exact) mass is 298 g/mol. The number of aliphatic carboxylic acids is 1. The van der Waals surface area contributed by atoms with Gasteiger partial charge in [0.15, 0.2) is 0 Å². The number of aliphatic hydroxyl groups is 1. The van der Waals surface area contributed by atoms with Crippen LogP contribution in [0.25, 0.3) is 0 Å². The van der Waals surface area contributed by atoms with E-state index in [2.05, 4.69) is 0 Å². The molecule has 17 heavy (non-hydrogen) atoms. The van der Waals surface area contributed by atoms with Crippen LogP contribution in [-0.4, -0.2) is 20.0 Å². The molecule has 6 heteroatoms. The van der Waals surface area contributed by atoms with Gasteiger partial charge in [0, 0.05) is 6.92 Å². The lowest BCUT2D eigenvalue weighted by molar-refractivity contribution is -0.134. The van der Waals surface area contributed by atoms with Crippen LogP contribution >= 0.6 is 34.8 Å². The van der Waals surface area contributed by atoms with Crippen LogP contribution in [0.3, 0.4) is 0 Å². The number of halogens is 3. The van der Waals surface area contributed by atoms with Crippen molar-refractivity contribution < 1.29 is 15.0 Å². The number of carbonyl (C=O) groups is 1. The predicted octanol–water partition coefficient (Wildman–Crippen LogP) is 3.36. The minimum absolute atomic E-state index is 0.579. The van der Waals surface area contributed by atoms with E-state index in [9.17, 15) is 5.11 Å². The predicted molar refractivity (Wildman–Crippen MR) is 69.6 cm³/mol. The maximum absolute atomic E-state index is 9.93. The molecule has 0 aromatic heterocycles. The molecule has 2 N–H and O–H groups in total. The molecule has 1 unspecified atom stereocenters. The fraction of sp³-hybridized carbons (Fsp3) is 0.364. The van der Waals surface area contributed by atoms with Crippen LogP contribution in [0, 0.1) is 0 Å². The van der Waals surface area contributed by atoms with Gasteiger partial charge in [0.25, 0.3) is 5.97 Å². The molecule has 0 aliphatic heterocycles. The summed E-state index contributed by atoms with van der Waals surface area (Å²) in [5, 5.41) is 17.3. The standard InChI is InChI=1S/C9H9Cl3O.C2H4O2/c1-8(13,9(10,11)12)7-5-3-2-4-6-7;1-2(3)4/h2-6,13H,1H3;1H3,(H,3,4). The number of hydrogen-bond acceptors (Lipinski definition) is 2. The van der Waals surface area contributed by atoms with Crippen molar-refractivity contribution in [3.05, 3.63) is 35.9 Å². The van der Waals surface area contributed by atoms with E-state index < -0.39 is 15.4 Å². The molecule has 1 atom stereocenters. The van der Waals surface area contributed by atoms with E-state index in [0.717, 1.165) is 6.92 Å². The highest BCUT2D eigenvalue weighted by molar-refractivity contribution is 6.68. The van der Waals surface area contributed by atoms with Gasteiger partial charge in [-0.15, -0.1) is 0 Å². The number of carboxylic acid groups (broad SMARTS) is 1. The second-order valence-electron chi connectivity index (χ2n) is 3.46. The molecular weight excluding hydrogens is 286 g/mol. The fourth-order valence-electron chi connectivity index (χ4n) is 0.926. The molecular formula is C11H13Cl3O3. The Balaban J connectivity index is 0.000000557. The van der Waals surface area contributed by atoms with Gasteiger partial charge in [-0.05, 0) is 12.5 Å². The van der Waals surface area contributed by atoms with Crippen molar-refractivity contribution in [3.63, 3.8) is 0 Å². The lowest BCUT2D eigenvalue weighted by atomic mass is 9.98. The van der Waals surface area contributed by atoms with Gasteiger partial charge in [-0.2, -0.15) is 0 Å². The van der Waals surface area contributed by atoms with Crippen molar-refractivity contribution in [2.45, 2.75) is 23.2 Å². The molecule has 0 saturated carbocycles. The zero-order valence-electron chi connectivity index (χ0n) is 9.32. The molecule has 1 rings (SSSR count). The molecule has 3 nitrogen and oxygen atoms in total. The third-order valence-electron chi connectivity index (χ3n) is 1.89. The van der Waals surface area contributed by atoms with Crippen LogP contribution in [0.4, 0.5) is 0 Å². The third-order valence-corrected chi connectivity index (χ3v) is 2.99. The van der Waals surface area contributed by atoms with Crippen molar-refractivity contribution in [2.75, 3.05) is 0 Å². The summed E-state index contributed by atoms with van der Waals surface area (Å²) >= 11 is 16.9. The van der Waals surface area contributed by atoms with Crippen LogP contribution in [0.15, 0.2) is 30.3 Å². The summed E-state index contributed by atoms with van der Waals surface area (Å²) in [6.45, 7) is 2.55.